The SMILES string of the molecule is Cc1c(N[C@@H](C)C(C)C)cccc1C(=O)NCc1n[nH]c(=S)n1C. The molecule has 0 aliphatic rings. The molecule has 0 aliphatic carbocycles. The highest BCUT2D eigenvalue weighted by Crippen LogP contribution is 2.21. The van der Waals surface area contributed by atoms with E-state index in [1.165, 1.54) is 0 Å². The number of benzene rings is 1. The van der Waals surface area contributed by atoms with Crippen LogP contribution in [-0.2, 0) is 13.6 Å². The van der Waals surface area contributed by atoms with Gasteiger partial charge in [-0.15, -0.1) is 0 Å². The number of hydrogen-bond acceptors (Lipinski definition) is 4. The lowest BCUT2D eigenvalue weighted by Crippen LogP contribution is -2.26. The lowest BCUT2D eigenvalue weighted by molar-refractivity contribution is 0.0949. The number of carbonyl (C=O) groups excluding carboxylic acids is 1. The molecule has 24 heavy (non-hydrogen) atoms. The minimum absolute atomic E-state index is 0.123. The van der Waals surface area contributed by atoms with Gasteiger partial charge in [0.15, 0.2) is 10.6 Å². The van der Waals surface area contributed by atoms with Gasteiger partial charge >= 0.3 is 0 Å². The van der Waals surface area contributed by atoms with Crippen LogP contribution in [0.5, 0.6) is 0 Å². The molecule has 7 heteroatoms. The fourth-order valence-electron chi connectivity index (χ4n) is 2.24. The number of hydrogen-bond donors (Lipinski definition) is 3. The minimum Gasteiger partial charge on any atom is -0.382 e. The first-order chi connectivity index (χ1) is 11.3. The van der Waals surface area contributed by atoms with E-state index in [1.54, 1.807) is 4.57 Å². The lowest BCUT2D eigenvalue weighted by Gasteiger charge is -2.21. The first kappa shape index (κ1) is 18.2. The van der Waals surface area contributed by atoms with E-state index in [9.17, 15) is 4.79 Å². The van der Waals surface area contributed by atoms with Crippen LogP contribution in [0.1, 0.15) is 42.5 Å². The second kappa shape index (κ2) is 7.61. The number of anilines is 1. The van der Waals surface area contributed by atoms with E-state index < -0.39 is 0 Å². The van der Waals surface area contributed by atoms with Crippen molar-refractivity contribution in [2.75, 3.05) is 5.32 Å². The van der Waals surface area contributed by atoms with Gasteiger partial charge in [-0.25, -0.2) is 0 Å². The number of rotatable bonds is 6. The van der Waals surface area contributed by atoms with Gasteiger partial charge in [0.25, 0.3) is 5.91 Å². The maximum Gasteiger partial charge on any atom is 0.252 e. The van der Waals surface area contributed by atoms with E-state index in [0.717, 1.165) is 11.3 Å². The van der Waals surface area contributed by atoms with Gasteiger partial charge in [-0.3, -0.25) is 9.89 Å². The van der Waals surface area contributed by atoms with Crippen LogP contribution in [0.2, 0.25) is 0 Å². The standard InChI is InChI=1S/C17H25N5OS/c1-10(2)12(4)19-14-8-6-7-13(11(14)3)16(23)18-9-15-20-21-17(24)22(15)5/h6-8,10,12,19H,9H2,1-5H3,(H,18,23)(H,21,24)/t12-/m0/s1. The van der Waals surface area contributed by atoms with Crippen LogP contribution >= 0.6 is 12.2 Å². The van der Waals surface area contributed by atoms with Crippen molar-refractivity contribution in [3.05, 3.63) is 39.9 Å². The number of nitrogens with zero attached hydrogens (tertiary/aromatic N) is 2. The molecule has 0 radical (unpaired) electrons. The van der Waals surface area contributed by atoms with Crippen molar-refractivity contribution in [2.24, 2.45) is 13.0 Å². The van der Waals surface area contributed by atoms with Crippen LogP contribution in [0.15, 0.2) is 18.2 Å². The zero-order valence-corrected chi connectivity index (χ0v) is 15.6. The second-order valence-electron chi connectivity index (χ2n) is 6.34. The molecule has 1 aromatic carbocycles. The van der Waals surface area contributed by atoms with Crippen LogP contribution in [0.3, 0.4) is 0 Å². The average Bonchev–Trinajstić information content (AvgIpc) is 2.86. The van der Waals surface area contributed by atoms with Gasteiger partial charge in [-0.05, 0) is 49.7 Å². The predicted octanol–water partition coefficient (Wildman–Crippen LogP) is 3.17. The van der Waals surface area contributed by atoms with Crippen LogP contribution < -0.4 is 10.6 Å². The Morgan fingerprint density at radius 1 is 1.38 bits per heavy atom. The van der Waals surface area contributed by atoms with Gasteiger partial charge < -0.3 is 15.2 Å². The Hall–Kier alpha value is -2.15. The van der Waals surface area contributed by atoms with Gasteiger partial charge in [0.2, 0.25) is 0 Å². The molecule has 2 rings (SSSR count). The summed E-state index contributed by atoms with van der Waals surface area (Å²) in [6.07, 6.45) is 0. The summed E-state index contributed by atoms with van der Waals surface area (Å²) < 4.78 is 2.27. The fraction of sp³-hybridized carbons (Fsp3) is 0.471. The maximum atomic E-state index is 12.5. The molecule has 1 heterocycles. The largest absolute Gasteiger partial charge is 0.382 e. The van der Waals surface area contributed by atoms with Gasteiger partial charge in [-0.1, -0.05) is 19.9 Å². The zero-order chi connectivity index (χ0) is 17.9. The molecule has 0 bridgehead atoms. The Kier molecular flexibility index (Phi) is 5.77. The van der Waals surface area contributed by atoms with Crippen molar-refractivity contribution in [3.63, 3.8) is 0 Å². The normalized spacial score (nSPS) is 12.2. The smallest absolute Gasteiger partial charge is 0.252 e. The molecule has 0 spiro atoms. The van der Waals surface area contributed by atoms with Crippen molar-refractivity contribution >= 4 is 23.8 Å². The summed E-state index contributed by atoms with van der Waals surface area (Å²) in [5.41, 5.74) is 2.59. The third-order valence-corrected chi connectivity index (χ3v) is 4.71. The van der Waals surface area contributed by atoms with E-state index in [4.69, 9.17) is 12.2 Å². The van der Waals surface area contributed by atoms with Crippen molar-refractivity contribution in [2.45, 2.75) is 40.3 Å². The second-order valence-corrected chi connectivity index (χ2v) is 6.73. The number of aromatic nitrogens is 3. The van der Waals surface area contributed by atoms with Crippen LogP contribution in [-0.4, -0.2) is 26.7 Å². The van der Waals surface area contributed by atoms with E-state index in [2.05, 4.69) is 41.6 Å². The maximum absolute atomic E-state index is 12.5. The molecule has 3 N–H and O–H groups in total. The van der Waals surface area contributed by atoms with Crippen LogP contribution in [0.25, 0.3) is 0 Å². The number of aromatic amines is 1. The Balaban J connectivity index is 2.12. The highest BCUT2D eigenvalue weighted by atomic mass is 32.1. The molecule has 1 atom stereocenters. The number of amides is 1. The van der Waals surface area contributed by atoms with Crippen molar-refractivity contribution in [1.29, 1.82) is 0 Å². The molecule has 1 aromatic heterocycles. The fourth-order valence-corrected chi connectivity index (χ4v) is 2.39. The highest BCUT2D eigenvalue weighted by molar-refractivity contribution is 7.71. The zero-order valence-electron chi connectivity index (χ0n) is 14.8. The number of nitrogens with one attached hydrogen (secondary N) is 3. The molecule has 0 saturated heterocycles. The first-order valence-electron chi connectivity index (χ1n) is 8.06. The molecular formula is C17H25N5OS. The summed E-state index contributed by atoms with van der Waals surface area (Å²) in [6, 6.07) is 6.06. The average molecular weight is 347 g/mol. The molecule has 0 unspecified atom stereocenters. The minimum atomic E-state index is -0.123. The van der Waals surface area contributed by atoms with Gasteiger partial charge in [0.05, 0.1) is 6.54 Å². The molecule has 0 aliphatic heterocycles. The molecule has 2 aromatic rings. The summed E-state index contributed by atoms with van der Waals surface area (Å²) in [5, 5.41) is 13.2. The topological polar surface area (TPSA) is 74.7 Å². The Labute approximate surface area is 147 Å². The summed E-state index contributed by atoms with van der Waals surface area (Å²) in [5.74, 6) is 1.07. The summed E-state index contributed by atoms with van der Waals surface area (Å²) >= 11 is 5.07. The van der Waals surface area contributed by atoms with Crippen LogP contribution in [0, 0.1) is 17.6 Å². The molecule has 1 amide bonds. The summed E-state index contributed by atoms with van der Waals surface area (Å²) in [6.45, 7) is 8.75. The molecule has 0 fully saturated rings. The van der Waals surface area contributed by atoms with E-state index in [0.29, 0.717) is 34.7 Å². The van der Waals surface area contributed by atoms with Crippen molar-refractivity contribution in [3.8, 4) is 0 Å². The molecular weight excluding hydrogens is 322 g/mol. The van der Waals surface area contributed by atoms with Crippen molar-refractivity contribution < 1.29 is 4.79 Å². The van der Waals surface area contributed by atoms with Gasteiger partial charge in [-0.2, -0.15) is 5.10 Å². The predicted molar refractivity (Wildman–Crippen MR) is 98.7 cm³/mol. The monoisotopic (exact) mass is 347 g/mol. The Morgan fingerprint density at radius 2 is 2.08 bits per heavy atom. The van der Waals surface area contributed by atoms with E-state index in [1.807, 2.05) is 32.2 Å². The Morgan fingerprint density at radius 3 is 2.67 bits per heavy atom. The quantitative estimate of drug-likeness (QED) is 0.702. The molecule has 130 valence electrons. The Bertz CT molecular complexity index is 778. The van der Waals surface area contributed by atoms with Gasteiger partial charge in [0, 0.05) is 24.3 Å². The lowest BCUT2D eigenvalue weighted by atomic mass is 10.0. The highest BCUT2D eigenvalue weighted by Gasteiger charge is 2.14. The summed E-state index contributed by atoms with van der Waals surface area (Å²) in [4.78, 5) is 12.5. The van der Waals surface area contributed by atoms with E-state index >= 15 is 0 Å². The van der Waals surface area contributed by atoms with Crippen molar-refractivity contribution in [1.82, 2.24) is 20.1 Å². The third-order valence-electron chi connectivity index (χ3n) is 4.34. The molecule has 6 nitrogen and oxygen atoms in total. The van der Waals surface area contributed by atoms with E-state index in [-0.39, 0.29) is 5.91 Å². The number of carbonyl (C=O) groups is 1. The number of H-pyrrole nitrogens is 1. The van der Waals surface area contributed by atoms with Crippen LogP contribution in [0.4, 0.5) is 5.69 Å². The molecule has 0 saturated carbocycles. The third kappa shape index (κ3) is 4.03. The summed E-state index contributed by atoms with van der Waals surface area (Å²) in [7, 11) is 1.82. The van der Waals surface area contributed by atoms with Gasteiger partial charge in [0.1, 0.15) is 0 Å². The first-order valence-corrected chi connectivity index (χ1v) is 8.46.